The molecule has 0 radical (unpaired) electrons. The molecule has 0 amide bonds. The molecule has 0 aliphatic heterocycles. The molecule has 1 nitrogen and oxygen atoms in total. The van der Waals surface area contributed by atoms with Crippen molar-refractivity contribution in [1.82, 2.24) is 0 Å². The van der Waals surface area contributed by atoms with Crippen molar-refractivity contribution in [2.45, 2.75) is 19.2 Å². The normalized spacial score (nSPS) is 12.8. The van der Waals surface area contributed by atoms with Crippen molar-refractivity contribution in [3.63, 3.8) is 0 Å². The van der Waals surface area contributed by atoms with Crippen LogP contribution in [0.2, 0.25) is 0 Å². The second-order valence-corrected chi connectivity index (χ2v) is 4.32. The quantitative estimate of drug-likeness (QED) is 0.709. The highest BCUT2D eigenvalue weighted by atomic mass is 35.5. The summed E-state index contributed by atoms with van der Waals surface area (Å²) in [6.07, 6.45) is 3.18. The maximum atomic E-state index is 13.5. The van der Waals surface area contributed by atoms with Crippen LogP contribution in [0.1, 0.15) is 27.6 Å². The predicted molar refractivity (Wildman–Crippen MR) is 62.3 cm³/mol. The summed E-state index contributed by atoms with van der Waals surface area (Å²) in [5, 5.41) is -0.295. The van der Waals surface area contributed by atoms with E-state index in [2.05, 4.69) is 0 Å². The Morgan fingerprint density at radius 1 is 1.19 bits per heavy atom. The fourth-order valence-electron chi connectivity index (χ4n) is 1.74. The molecule has 0 saturated carbocycles. The van der Waals surface area contributed by atoms with Crippen LogP contribution in [-0.4, -0.2) is 0 Å². The number of hydrogen-bond acceptors (Lipinski definition) is 1. The van der Waals surface area contributed by atoms with E-state index in [1.54, 1.807) is 38.5 Å². The van der Waals surface area contributed by atoms with Crippen LogP contribution in [0, 0.1) is 19.7 Å². The minimum absolute atomic E-state index is 0.167. The molecule has 0 N–H and O–H groups in total. The summed E-state index contributed by atoms with van der Waals surface area (Å²) in [6, 6.07) is 5.35. The Hall–Kier alpha value is -1.28. The second kappa shape index (κ2) is 4.30. The summed E-state index contributed by atoms with van der Waals surface area (Å²) < 4.78 is 18.4. The first-order chi connectivity index (χ1) is 7.59. The maximum absolute atomic E-state index is 13.5. The first kappa shape index (κ1) is 11.2. The molecule has 1 heterocycles. The monoisotopic (exact) mass is 238 g/mol. The van der Waals surface area contributed by atoms with E-state index in [0.717, 1.165) is 11.1 Å². The zero-order chi connectivity index (χ0) is 11.7. The van der Waals surface area contributed by atoms with Gasteiger partial charge in [0.25, 0.3) is 0 Å². The molecule has 1 atom stereocenters. The zero-order valence-corrected chi connectivity index (χ0v) is 9.88. The van der Waals surface area contributed by atoms with Crippen LogP contribution in [0.15, 0.2) is 35.1 Å². The number of benzene rings is 1. The van der Waals surface area contributed by atoms with Crippen molar-refractivity contribution in [3.05, 3.63) is 58.8 Å². The molecule has 1 unspecified atom stereocenters. The number of furan rings is 1. The highest BCUT2D eigenvalue weighted by Crippen LogP contribution is 2.31. The molecule has 84 valence electrons. The highest BCUT2D eigenvalue weighted by molar-refractivity contribution is 6.22. The maximum Gasteiger partial charge on any atom is 0.129 e. The Morgan fingerprint density at radius 2 is 1.81 bits per heavy atom. The molecule has 0 aliphatic rings. The average Bonchev–Trinajstić information content (AvgIpc) is 2.77. The van der Waals surface area contributed by atoms with Crippen LogP contribution in [0.25, 0.3) is 0 Å². The van der Waals surface area contributed by atoms with Crippen LogP contribution in [-0.2, 0) is 0 Å². The summed E-state index contributed by atoms with van der Waals surface area (Å²) in [5.74, 6) is -0.167. The fourth-order valence-corrected chi connectivity index (χ4v) is 1.99. The Kier molecular flexibility index (Phi) is 3.01. The molecular weight excluding hydrogens is 227 g/mol. The van der Waals surface area contributed by atoms with Gasteiger partial charge in [-0.3, -0.25) is 0 Å². The second-order valence-electron chi connectivity index (χ2n) is 3.89. The molecule has 0 bridgehead atoms. The molecule has 0 fully saturated rings. The Labute approximate surface area is 98.8 Å². The van der Waals surface area contributed by atoms with Crippen LogP contribution >= 0.6 is 11.6 Å². The van der Waals surface area contributed by atoms with E-state index in [1.165, 1.54) is 0 Å². The van der Waals surface area contributed by atoms with Gasteiger partial charge in [0.2, 0.25) is 0 Å². The highest BCUT2D eigenvalue weighted by Gasteiger charge is 2.14. The third-order valence-electron chi connectivity index (χ3n) is 2.59. The van der Waals surface area contributed by atoms with Crippen LogP contribution in [0.3, 0.4) is 0 Å². The number of hydrogen-bond donors (Lipinski definition) is 0. The molecule has 2 rings (SSSR count). The number of aryl methyl sites for hydroxylation is 2. The van der Waals surface area contributed by atoms with E-state index in [9.17, 15) is 4.39 Å². The summed E-state index contributed by atoms with van der Waals surface area (Å²) >= 11 is 6.29. The summed E-state index contributed by atoms with van der Waals surface area (Å²) in [6.45, 7) is 3.48. The molecule has 2 aromatic rings. The molecule has 16 heavy (non-hydrogen) atoms. The van der Waals surface area contributed by atoms with Crippen molar-refractivity contribution in [1.29, 1.82) is 0 Å². The molecule has 3 heteroatoms. The van der Waals surface area contributed by atoms with E-state index in [4.69, 9.17) is 16.0 Å². The van der Waals surface area contributed by atoms with Gasteiger partial charge in [-0.25, -0.2) is 4.39 Å². The lowest BCUT2D eigenvalue weighted by Crippen LogP contribution is -1.96. The zero-order valence-electron chi connectivity index (χ0n) is 9.13. The Bertz CT molecular complexity index is 468. The van der Waals surface area contributed by atoms with Crippen LogP contribution in [0.5, 0.6) is 0 Å². The largest absolute Gasteiger partial charge is 0.472 e. The molecule has 1 aromatic carbocycles. The molecular formula is C13H12ClFO. The van der Waals surface area contributed by atoms with E-state index in [1.807, 2.05) is 6.07 Å². The summed E-state index contributed by atoms with van der Waals surface area (Å²) in [7, 11) is 0. The molecule has 1 aromatic heterocycles. The van der Waals surface area contributed by atoms with Gasteiger partial charge in [-0.15, -0.1) is 11.6 Å². The van der Waals surface area contributed by atoms with Crippen molar-refractivity contribution in [2.24, 2.45) is 0 Å². The van der Waals surface area contributed by atoms with E-state index in [-0.39, 0.29) is 11.2 Å². The first-order valence-corrected chi connectivity index (χ1v) is 5.46. The summed E-state index contributed by atoms with van der Waals surface area (Å²) in [5.41, 5.74) is 3.00. The number of halogens is 2. The van der Waals surface area contributed by atoms with Gasteiger partial charge in [0.05, 0.1) is 17.9 Å². The predicted octanol–water partition coefficient (Wildman–Crippen LogP) is 4.36. The molecule has 0 saturated heterocycles. The van der Waals surface area contributed by atoms with E-state index < -0.39 is 0 Å². The van der Waals surface area contributed by atoms with Crippen LogP contribution in [0.4, 0.5) is 4.39 Å². The van der Waals surface area contributed by atoms with Gasteiger partial charge in [0.1, 0.15) is 5.82 Å². The third kappa shape index (κ3) is 1.98. The van der Waals surface area contributed by atoms with Crippen molar-refractivity contribution in [3.8, 4) is 0 Å². The fraction of sp³-hybridized carbons (Fsp3) is 0.231. The summed E-state index contributed by atoms with van der Waals surface area (Å²) in [4.78, 5) is 0. The lowest BCUT2D eigenvalue weighted by molar-refractivity contribution is 0.564. The minimum Gasteiger partial charge on any atom is -0.472 e. The Balaban J connectivity index is 2.42. The number of alkyl halides is 1. The van der Waals surface area contributed by atoms with Gasteiger partial charge in [-0.05, 0) is 36.6 Å². The molecule has 0 spiro atoms. The van der Waals surface area contributed by atoms with Gasteiger partial charge in [0.15, 0.2) is 0 Å². The molecule has 0 aliphatic carbocycles. The Morgan fingerprint density at radius 3 is 2.31 bits per heavy atom. The van der Waals surface area contributed by atoms with Gasteiger partial charge in [0, 0.05) is 5.56 Å². The minimum atomic E-state index is -0.295. The van der Waals surface area contributed by atoms with Crippen molar-refractivity contribution in [2.75, 3.05) is 0 Å². The van der Waals surface area contributed by atoms with E-state index >= 15 is 0 Å². The third-order valence-corrected chi connectivity index (χ3v) is 3.09. The van der Waals surface area contributed by atoms with Crippen molar-refractivity contribution < 1.29 is 8.81 Å². The number of rotatable bonds is 2. The van der Waals surface area contributed by atoms with Gasteiger partial charge in [-0.2, -0.15) is 0 Å². The first-order valence-electron chi connectivity index (χ1n) is 5.02. The van der Waals surface area contributed by atoms with Gasteiger partial charge >= 0.3 is 0 Å². The lowest BCUT2D eigenvalue weighted by Gasteiger charge is -2.11. The van der Waals surface area contributed by atoms with E-state index in [0.29, 0.717) is 11.1 Å². The SMILES string of the molecule is Cc1cc(C(Cl)c2ccoc2)cc(C)c1F. The average molecular weight is 239 g/mol. The topological polar surface area (TPSA) is 13.1 Å². The van der Waals surface area contributed by atoms with Gasteiger partial charge in [-0.1, -0.05) is 12.1 Å². The van der Waals surface area contributed by atoms with Gasteiger partial charge < -0.3 is 4.42 Å². The standard InChI is InChI=1S/C13H12ClFO/c1-8-5-11(6-9(2)13(8)15)12(14)10-3-4-16-7-10/h3-7,12H,1-2H3. The lowest BCUT2D eigenvalue weighted by atomic mass is 10.0. The van der Waals surface area contributed by atoms with Crippen molar-refractivity contribution >= 4 is 11.6 Å². The van der Waals surface area contributed by atoms with Crippen LogP contribution < -0.4 is 0 Å². The smallest absolute Gasteiger partial charge is 0.129 e.